The fraction of sp³-hybridized carbons (Fsp3) is 0.0952. The van der Waals surface area contributed by atoms with E-state index >= 15 is 0 Å². The Kier molecular flexibility index (Phi) is 4.73. The van der Waals surface area contributed by atoms with Gasteiger partial charge in [-0.2, -0.15) is 18.3 Å². The first kappa shape index (κ1) is 19.6. The number of nitrogens with zero attached hydrogens (tertiary/aromatic N) is 3. The normalized spacial score (nSPS) is 12.8. The SMILES string of the molecule is NC(=O)C(c1ccc(-c2ccn3ncnc3c2)cc1)c1ccc(F)c(C(F)(F)F)c1. The number of benzene rings is 2. The minimum atomic E-state index is -4.88. The molecule has 0 fully saturated rings. The van der Waals surface area contributed by atoms with Gasteiger partial charge in [-0.1, -0.05) is 30.3 Å². The molecule has 0 saturated carbocycles. The summed E-state index contributed by atoms with van der Waals surface area (Å²) in [5.41, 5.74) is 6.69. The number of carbonyl (C=O) groups is 1. The molecule has 0 bridgehead atoms. The fourth-order valence-electron chi connectivity index (χ4n) is 3.32. The Bertz CT molecular complexity index is 1230. The van der Waals surface area contributed by atoms with E-state index in [1.165, 1.54) is 6.33 Å². The van der Waals surface area contributed by atoms with Gasteiger partial charge in [-0.15, -0.1) is 0 Å². The van der Waals surface area contributed by atoms with Crippen molar-refractivity contribution in [3.05, 3.63) is 89.6 Å². The molecule has 0 aliphatic carbocycles. The molecule has 9 heteroatoms. The highest BCUT2D eigenvalue weighted by atomic mass is 19.4. The highest BCUT2D eigenvalue weighted by Gasteiger charge is 2.35. The summed E-state index contributed by atoms with van der Waals surface area (Å²) in [7, 11) is 0. The molecule has 1 amide bonds. The number of primary amides is 1. The van der Waals surface area contributed by atoms with Crippen LogP contribution in [0.3, 0.4) is 0 Å². The van der Waals surface area contributed by atoms with E-state index < -0.39 is 29.4 Å². The number of pyridine rings is 1. The largest absolute Gasteiger partial charge is 0.419 e. The summed E-state index contributed by atoms with van der Waals surface area (Å²) < 4.78 is 54.4. The first-order chi connectivity index (χ1) is 14.2. The van der Waals surface area contributed by atoms with Crippen LogP contribution in [0.5, 0.6) is 0 Å². The van der Waals surface area contributed by atoms with Gasteiger partial charge in [0.2, 0.25) is 5.91 Å². The fourth-order valence-corrected chi connectivity index (χ4v) is 3.32. The van der Waals surface area contributed by atoms with Crippen LogP contribution < -0.4 is 5.73 Å². The number of hydrogen-bond acceptors (Lipinski definition) is 3. The highest BCUT2D eigenvalue weighted by molar-refractivity contribution is 5.86. The number of aromatic nitrogens is 3. The van der Waals surface area contributed by atoms with Crippen molar-refractivity contribution in [2.75, 3.05) is 0 Å². The second-order valence-electron chi connectivity index (χ2n) is 6.67. The van der Waals surface area contributed by atoms with Gasteiger partial charge in [0.25, 0.3) is 0 Å². The maximum Gasteiger partial charge on any atom is 0.419 e. The minimum absolute atomic E-state index is 0.0335. The molecule has 5 nitrogen and oxygen atoms in total. The van der Waals surface area contributed by atoms with Gasteiger partial charge in [0.15, 0.2) is 5.65 Å². The van der Waals surface area contributed by atoms with Crippen LogP contribution in [0, 0.1) is 5.82 Å². The Morgan fingerprint density at radius 1 is 0.967 bits per heavy atom. The highest BCUT2D eigenvalue weighted by Crippen LogP contribution is 2.35. The third-order valence-electron chi connectivity index (χ3n) is 4.77. The van der Waals surface area contributed by atoms with Gasteiger partial charge in [0, 0.05) is 6.20 Å². The maximum absolute atomic E-state index is 13.6. The number of carbonyl (C=O) groups excluding carboxylic acids is 1. The quantitative estimate of drug-likeness (QED) is 0.510. The molecular formula is C21H14F4N4O. The number of hydrogen-bond donors (Lipinski definition) is 1. The average Bonchev–Trinajstić information content (AvgIpc) is 3.16. The van der Waals surface area contributed by atoms with Crippen molar-refractivity contribution in [1.82, 2.24) is 14.6 Å². The Morgan fingerprint density at radius 3 is 2.33 bits per heavy atom. The monoisotopic (exact) mass is 414 g/mol. The van der Waals surface area contributed by atoms with Gasteiger partial charge in [0.1, 0.15) is 12.1 Å². The third-order valence-corrected chi connectivity index (χ3v) is 4.77. The van der Waals surface area contributed by atoms with Gasteiger partial charge in [-0.25, -0.2) is 13.9 Å². The molecule has 0 spiro atoms. The van der Waals surface area contributed by atoms with Gasteiger partial charge >= 0.3 is 6.18 Å². The second-order valence-corrected chi connectivity index (χ2v) is 6.67. The maximum atomic E-state index is 13.6. The lowest BCUT2D eigenvalue weighted by atomic mass is 9.88. The summed E-state index contributed by atoms with van der Waals surface area (Å²) >= 11 is 0. The molecule has 0 aliphatic heterocycles. The van der Waals surface area contributed by atoms with Crippen molar-refractivity contribution in [1.29, 1.82) is 0 Å². The van der Waals surface area contributed by atoms with E-state index in [0.717, 1.165) is 17.2 Å². The number of nitrogens with two attached hydrogens (primary N) is 1. The summed E-state index contributed by atoms with van der Waals surface area (Å²) in [5.74, 6) is -3.40. The smallest absolute Gasteiger partial charge is 0.369 e. The van der Waals surface area contributed by atoms with Crippen LogP contribution >= 0.6 is 0 Å². The molecule has 2 heterocycles. The summed E-state index contributed by atoms with van der Waals surface area (Å²) in [5, 5.41) is 4.02. The van der Waals surface area contributed by atoms with Crippen LogP contribution in [0.1, 0.15) is 22.6 Å². The van der Waals surface area contributed by atoms with E-state index in [2.05, 4.69) is 10.1 Å². The van der Waals surface area contributed by atoms with Crippen molar-refractivity contribution in [3.8, 4) is 11.1 Å². The summed E-state index contributed by atoms with van der Waals surface area (Å²) in [4.78, 5) is 16.2. The van der Waals surface area contributed by atoms with Gasteiger partial charge in [-0.05, 0) is 46.5 Å². The van der Waals surface area contributed by atoms with Crippen LogP contribution in [-0.4, -0.2) is 20.5 Å². The topological polar surface area (TPSA) is 73.3 Å². The van der Waals surface area contributed by atoms with E-state index in [4.69, 9.17) is 5.73 Å². The molecule has 4 aromatic rings. The van der Waals surface area contributed by atoms with Crippen LogP contribution in [0.25, 0.3) is 16.8 Å². The van der Waals surface area contributed by atoms with Crippen molar-refractivity contribution >= 4 is 11.6 Å². The first-order valence-corrected chi connectivity index (χ1v) is 8.80. The van der Waals surface area contributed by atoms with Gasteiger partial charge in [-0.3, -0.25) is 4.79 Å². The number of halogens is 4. The molecule has 4 rings (SSSR count). The minimum Gasteiger partial charge on any atom is -0.369 e. The lowest BCUT2D eigenvalue weighted by Gasteiger charge is -2.17. The molecule has 2 N–H and O–H groups in total. The predicted octanol–water partition coefficient (Wildman–Crippen LogP) is 4.17. The Balaban J connectivity index is 1.71. The zero-order valence-corrected chi connectivity index (χ0v) is 15.3. The lowest BCUT2D eigenvalue weighted by Crippen LogP contribution is -2.23. The summed E-state index contributed by atoms with van der Waals surface area (Å²) in [6, 6.07) is 12.8. The van der Waals surface area contributed by atoms with E-state index in [1.807, 2.05) is 12.1 Å². The van der Waals surface area contributed by atoms with Gasteiger partial charge < -0.3 is 5.73 Å². The molecular weight excluding hydrogens is 400 g/mol. The number of fused-ring (bicyclic) bond motifs is 1. The lowest BCUT2D eigenvalue weighted by molar-refractivity contribution is -0.140. The number of amides is 1. The Morgan fingerprint density at radius 2 is 1.67 bits per heavy atom. The standard InChI is InChI=1S/C21H14F4N4O/c22-17-6-5-15(9-16(17)21(23,24)25)19(20(26)30)13-3-1-12(2-4-13)14-7-8-29-18(10-14)27-11-28-29/h1-11,19H,(H2,26,30). The summed E-state index contributed by atoms with van der Waals surface area (Å²) in [6.07, 6.45) is -1.71. The van der Waals surface area contributed by atoms with E-state index in [-0.39, 0.29) is 5.56 Å². The van der Waals surface area contributed by atoms with Crippen molar-refractivity contribution in [2.24, 2.45) is 5.73 Å². The zero-order chi connectivity index (χ0) is 21.5. The van der Waals surface area contributed by atoms with Crippen LogP contribution in [0.4, 0.5) is 17.6 Å². The Labute approximate surface area is 167 Å². The van der Waals surface area contributed by atoms with E-state index in [1.54, 1.807) is 35.0 Å². The molecule has 152 valence electrons. The summed E-state index contributed by atoms with van der Waals surface area (Å²) in [6.45, 7) is 0. The molecule has 1 unspecified atom stereocenters. The molecule has 2 aromatic carbocycles. The zero-order valence-electron chi connectivity index (χ0n) is 15.3. The van der Waals surface area contributed by atoms with E-state index in [9.17, 15) is 22.4 Å². The third kappa shape index (κ3) is 3.61. The molecule has 30 heavy (non-hydrogen) atoms. The van der Waals surface area contributed by atoms with Crippen LogP contribution in [0.15, 0.2) is 67.1 Å². The second kappa shape index (κ2) is 7.25. The Hall–Kier alpha value is -3.75. The molecule has 0 radical (unpaired) electrons. The molecule has 0 aliphatic rings. The number of alkyl halides is 3. The van der Waals surface area contributed by atoms with Gasteiger partial charge in [0.05, 0.1) is 11.5 Å². The average molecular weight is 414 g/mol. The first-order valence-electron chi connectivity index (χ1n) is 8.80. The molecule has 0 saturated heterocycles. The van der Waals surface area contributed by atoms with E-state index in [0.29, 0.717) is 23.3 Å². The van der Waals surface area contributed by atoms with Crippen molar-refractivity contribution in [3.63, 3.8) is 0 Å². The van der Waals surface area contributed by atoms with Crippen LogP contribution in [-0.2, 0) is 11.0 Å². The van der Waals surface area contributed by atoms with Crippen LogP contribution in [0.2, 0.25) is 0 Å². The number of rotatable bonds is 4. The van der Waals surface area contributed by atoms with Crippen molar-refractivity contribution in [2.45, 2.75) is 12.1 Å². The van der Waals surface area contributed by atoms with Crippen molar-refractivity contribution < 1.29 is 22.4 Å². The molecule has 1 atom stereocenters. The predicted molar refractivity (Wildman–Crippen MR) is 101 cm³/mol. The molecule has 2 aromatic heterocycles.